The van der Waals surface area contributed by atoms with Crippen LogP contribution in [0.2, 0.25) is 0 Å². The molecule has 1 atom stereocenters. The van der Waals surface area contributed by atoms with E-state index in [-0.39, 0.29) is 17.6 Å². The van der Waals surface area contributed by atoms with Crippen molar-refractivity contribution in [3.05, 3.63) is 60.7 Å². The minimum absolute atomic E-state index is 0.128. The molecule has 3 aromatic rings. The van der Waals surface area contributed by atoms with E-state index < -0.39 is 6.04 Å². The van der Waals surface area contributed by atoms with Crippen LogP contribution in [-0.4, -0.2) is 44.9 Å². The average molecular weight is 410 g/mol. The molecule has 0 fully saturated rings. The first-order valence-electron chi connectivity index (χ1n) is 9.36. The molecule has 2 aromatic carbocycles. The van der Waals surface area contributed by atoms with Crippen molar-refractivity contribution in [2.75, 3.05) is 12.3 Å². The Morgan fingerprint density at radius 2 is 1.69 bits per heavy atom. The zero-order valence-electron chi connectivity index (χ0n) is 16.3. The van der Waals surface area contributed by atoms with Gasteiger partial charge >= 0.3 is 0 Å². The summed E-state index contributed by atoms with van der Waals surface area (Å²) in [5, 5.41) is 14.7. The summed E-state index contributed by atoms with van der Waals surface area (Å²) in [6.07, 6.45) is 0. The molecule has 150 valence electrons. The molecule has 0 aliphatic carbocycles. The van der Waals surface area contributed by atoms with Crippen LogP contribution in [0, 0.1) is 0 Å². The van der Waals surface area contributed by atoms with Gasteiger partial charge in [0.25, 0.3) is 0 Å². The Hall–Kier alpha value is -3.13. The van der Waals surface area contributed by atoms with Gasteiger partial charge in [-0.05, 0) is 26.0 Å². The minimum atomic E-state index is -0.588. The zero-order chi connectivity index (χ0) is 20.6. The van der Waals surface area contributed by atoms with Gasteiger partial charge in [-0.3, -0.25) is 14.2 Å². The Kier molecular flexibility index (Phi) is 7.02. The summed E-state index contributed by atoms with van der Waals surface area (Å²) in [7, 11) is 0. The van der Waals surface area contributed by atoms with Gasteiger partial charge < -0.3 is 10.6 Å². The highest BCUT2D eigenvalue weighted by atomic mass is 32.2. The number of para-hydroxylation sites is 1. The Bertz CT molecular complexity index is 960. The van der Waals surface area contributed by atoms with Gasteiger partial charge in [0.15, 0.2) is 11.0 Å². The Morgan fingerprint density at radius 3 is 2.34 bits per heavy atom. The molecular formula is C21H23N5O2S. The van der Waals surface area contributed by atoms with E-state index in [1.165, 1.54) is 11.8 Å². The molecule has 29 heavy (non-hydrogen) atoms. The number of carbonyl (C=O) groups excluding carboxylic acids is 2. The van der Waals surface area contributed by atoms with Crippen LogP contribution in [0.4, 0.5) is 0 Å². The summed E-state index contributed by atoms with van der Waals surface area (Å²) in [5.41, 5.74) is 1.85. The molecule has 0 bridgehead atoms. The number of carbonyl (C=O) groups is 2. The molecule has 0 aliphatic rings. The van der Waals surface area contributed by atoms with Gasteiger partial charge in [0.05, 0.1) is 5.75 Å². The van der Waals surface area contributed by atoms with Gasteiger partial charge in [-0.15, -0.1) is 10.2 Å². The van der Waals surface area contributed by atoms with Crippen LogP contribution >= 0.6 is 11.8 Å². The standard InChI is InChI=1S/C21H23N5O2S/c1-3-22-20(28)15(2)23-18(27)14-29-21-25-24-19(16-10-6-4-7-11-16)26(21)17-12-8-5-9-13-17/h4-13,15H,3,14H2,1-2H3,(H,22,28)(H,23,27). The number of amides is 2. The lowest BCUT2D eigenvalue weighted by atomic mass is 10.2. The number of nitrogens with zero attached hydrogens (tertiary/aromatic N) is 3. The maximum atomic E-state index is 12.3. The molecule has 1 heterocycles. The molecule has 2 N–H and O–H groups in total. The monoisotopic (exact) mass is 409 g/mol. The van der Waals surface area contributed by atoms with Gasteiger partial charge in [-0.25, -0.2) is 0 Å². The summed E-state index contributed by atoms with van der Waals surface area (Å²) in [6.45, 7) is 4.02. The maximum absolute atomic E-state index is 12.3. The van der Waals surface area contributed by atoms with E-state index in [1.807, 2.05) is 72.2 Å². The zero-order valence-corrected chi connectivity index (χ0v) is 17.1. The first kappa shape index (κ1) is 20.6. The number of nitrogens with one attached hydrogen (secondary N) is 2. The molecule has 1 aromatic heterocycles. The lowest BCUT2D eigenvalue weighted by Crippen LogP contribution is -2.45. The van der Waals surface area contributed by atoms with Crippen LogP contribution in [0.1, 0.15) is 13.8 Å². The summed E-state index contributed by atoms with van der Waals surface area (Å²) in [4.78, 5) is 24.1. The van der Waals surface area contributed by atoms with E-state index in [0.29, 0.717) is 17.5 Å². The van der Waals surface area contributed by atoms with Crippen LogP contribution in [0.15, 0.2) is 65.8 Å². The summed E-state index contributed by atoms with van der Waals surface area (Å²) in [6, 6.07) is 19.0. The van der Waals surface area contributed by atoms with E-state index >= 15 is 0 Å². The minimum Gasteiger partial charge on any atom is -0.355 e. The third kappa shape index (κ3) is 5.23. The molecule has 0 saturated carbocycles. The summed E-state index contributed by atoms with van der Waals surface area (Å²) < 4.78 is 1.93. The van der Waals surface area contributed by atoms with Gasteiger partial charge in [0.1, 0.15) is 6.04 Å². The molecule has 7 nitrogen and oxygen atoms in total. The van der Waals surface area contributed by atoms with Crippen molar-refractivity contribution in [2.24, 2.45) is 0 Å². The van der Waals surface area contributed by atoms with Crippen molar-refractivity contribution < 1.29 is 9.59 Å². The van der Waals surface area contributed by atoms with Gasteiger partial charge in [-0.1, -0.05) is 60.3 Å². The molecule has 0 saturated heterocycles. The number of likely N-dealkylation sites (N-methyl/N-ethyl adjacent to an activating group) is 1. The van der Waals surface area contributed by atoms with E-state index in [4.69, 9.17) is 0 Å². The van der Waals surface area contributed by atoms with Crippen LogP contribution < -0.4 is 10.6 Å². The lowest BCUT2D eigenvalue weighted by Gasteiger charge is -2.13. The largest absolute Gasteiger partial charge is 0.355 e. The van der Waals surface area contributed by atoms with E-state index in [9.17, 15) is 9.59 Å². The molecule has 8 heteroatoms. The SMILES string of the molecule is CCNC(=O)C(C)NC(=O)CSc1nnc(-c2ccccc2)n1-c1ccccc1. The first-order chi connectivity index (χ1) is 14.1. The van der Waals surface area contributed by atoms with E-state index in [1.54, 1.807) is 6.92 Å². The fraction of sp³-hybridized carbons (Fsp3) is 0.238. The Morgan fingerprint density at radius 1 is 1.03 bits per heavy atom. The highest BCUT2D eigenvalue weighted by Crippen LogP contribution is 2.27. The Balaban J connectivity index is 1.79. The van der Waals surface area contributed by atoms with Crippen molar-refractivity contribution in [1.82, 2.24) is 25.4 Å². The van der Waals surface area contributed by atoms with Crippen molar-refractivity contribution in [3.63, 3.8) is 0 Å². The summed E-state index contributed by atoms with van der Waals surface area (Å²) in [5.74, 6) is 0.390. The predicted molar refractivity (Wildman–Crippen MR) is 114 cm³/mol. The number of hydrogen-bond acceptors (Lipinski definition) is 5. The van der Waals surface area contributed by atoms with Crippen molar-refractivity contribution >= 4 is 23.6 Å². The van der Waals surface area contributed by atoms with Crippen LogP contribution in [0.25, 0.3) is 17.1 Å². The number of hydrogen-bond donors (Lipinski definition) is 2. The molecule has 2 amide bonds. The topological polar surface area (TPSA) is 88.9 Å². The van der Waals surface area contributed by atoms with E-state index in [0.717, 1.165) is 11.3 Å². The normalized spacial score (nSPS) is 11.7. The van der Waals surface area contributed by atoms with Crippen molar-refractivity contribution in [2.45, 2.75) is 25.0 Å². The third-order valence-corrected chi connectivity index (χ3v) is 5.06. The fourth-order valence-electron chi connectivity index (χ4n) is 2.75. The van der Waals surface area contributed by atoms with E-state index in [2.05, 4.69) is 20.8 Å². The second-order valence-electron chi connectivity index (χ2n) is 6.32. The van der Waals surface area contributed by atoms with Gasteiger partial charge in [0.2, 0.25) is 11.8 Å². The highest BCUT2D eigenvalue weighted by molar-refractivity contribution is 7.99. The fourth-order valence-corrected chi connectivity index (χ4v) is 3.52. The van der Waals surface area contributed by atoms with Crippen molar-refractivity contribution in [1.29, 1.82) is 0 Å². The highest BCUT2D eigenvalue weighted by Gasteiger charge is 2.19. The predicted octanol–water partition coefficient (Wildman–Crippen LogP) is 2.67. The number of aromatic nitrogens is 3. The number of thioether (sulfide) groups is 1. The van der Waals surface area contributed by atoms with Gasteiger partial charge in [0, 0.05) is 17.8 Å². The number of benzene rings is 2. The quantitative estimate of drug-likeness (QED) is 0.559. The van der Waals surface area contributed by atoms with Gasteiger partial charge in [-0.2, -0.15) is 0 Å². The molecular weight excluding hydrogens is 386 g/mol. The molecule has 3 rings (SSSR count). The maximum Gasteiger partial charge on any atom is 0.242 e. The molecule has 0 radical (unpaired) electrons. The third-order valence-electron chi connectivity index (χ3n) is 4.13. The first-order valence-corrected chi connectivity index (χ1v) is 10.3. The van der Waals surface area contributed by atoms with Crippen LogP contribution in [-0.2, 0) is 9.59 Å². The summed E-state index contributed by atoms with van der Waals surface area (Å²) >= 11 is 1.28. The smallest absolute Gasteiger partial charge is 0.242 e. The second-order valence-corrected chi connectivity index (χ2v) is 7.26. The van der Waals surface area contributed by atoms with Crippen LogP contribution in [0.5, 0.6) is 0 Å². The molecule has 0 aliphatic heterocycles. The molecule has 1 unspecified atom stereocenters. The molecule has 0 spiro atoms. The Labute approximate surface area is 173 Å². The lowest BCUT2D eigenvalue weighted by molar-refractivity contribution is -0.127. The van der Waals surface area contributed by atoms with Crippen LogP contribution in [0.3, 0.4) is 0 Å². The number of rotatable bonds is 8. The average Bonchev–Trinajstić information content (AvgIpc) is 3.17. The second kappa shape index (κ2) is 9.88. The van der Waals surface area contributed by atoms with Crippen molar-refractivity contribution in [3.8, 4) is 17.1 Å².